The third kappa shape index (κ3) is 4.72. The summed E-state index contributed by atoms with van der Waals surface area (Å²) in [4.78, 5) is 37.9. The van der Waals surface area contributed by atoms with E-state index in [1.54, 1.807) is 6.92 Å². The number of carbonyl (C=O) groups is 3. The Balaban J connectivity index is 1.37. The Labute approximate surface area is 202 Å². The Morgan fingerprint density at radius 1 is 1.11 bits per heavy atom. The van der Waals surface area contributed by atoms with Crippen molar-refractivity contribution in [3.8, 4) is 11.1 Å². The fourth-order valence-corrected chi connectivity index (χ4v) is 4.93. The highest BCUT2D eigenvalue weighted by Crippen LogP contribution is 2.44. The molecule has 2 aromatic carbocycles. The molecule has 2 aromatic rings. The zero-order chi connectivity index (χ0) is 25.3. The third-order valence-electron chi connectivity index (χ3n) is 7.29. The molecule has 0 radical (unpaired) electrons. The number of benzene rings is 2. The number of likely N-dealkylation sites (tertiary alicyclic amines) is 1. The van der Waals surface area contributed by atoms with Gasteiger partial charge in [-0.05, 0) is 35.1 Å². The maximum atomic E-state index is 13.7. The van der Waals surface area contributed by atoms with E-state index in [9.17, 15) is 28.3 Å². The lowest BCUT2D eigenvalue weighted by Gasteiger charge is -2.24. The van der Waals surface area contributed by atoms with Crippen LogP contribution in [0.4, 0.5) is 13.6 Å². The van der Waals surface area contributed by atoms with E-state index < -0.39 is 42.3 Å². The van der Waals surface area contributed by atoms with Crippen molar-refractivity contribution in [2.75, 3.05) is 19.7 Å². The summed E-state index contributed by atoms with van der Waals surface area (Å²) in [6.45, 7) is 3.30. The second kappa shape index (κ2) is 9.64. The normalized spacial score (nSPS) is 22.0. The van der Waals surface area contributed by atoms with Gasteiger partial charge < -0.3 is 20.1 Å². The molecule has 7 nitrogen and oxygen atoms in total. The molecule has 2 aliphatic rings. The molecule has 186 valence electrons. The molecule has 1 saturated heterocycles. The lowest BCUT2D eigenvalue weighted by atomic mass is 9.81. The van der Waals surface area contributed by atoms with Gasteiger partial charge in [-0.25, -0.2) is 13.6 Å². The average Bonchev–Trinajstić information content (AvgIpc) is 3.32. The first-order valence-electron chi connectivity index (χ1n) is 11.5. The Bertz CT molecular complexity index is 1090. The van der Waals surface area contributed by atoms with Gasteiger partial charge in [0.2, 0.25) is 5.91 Å². The van der Waals surface area contributed by atoms with E-state index in [0.717, 1.165) is 22.3 Å². The van der Waals surface area contributed by atoms with Crippen LogP contribution < -0.4 is 5.32 Å². The standard InChI is InChI=1S/C26H28F2N2O5/c1-15-12-30(14-26(15,2)24(32)33)22(31)11-21(23(27)28)29-25(34)35-13-20-18-9-5-3-7-16(18)17-8-4-6-10-19(17)20/h3-10,15,20-21,23H,11-14H2,1-2H3,(H,29,34)(H,32,33). The lowest BCUT2D eigenvalue weighted by molar-refractivity contribution is -0.149. The number of aliphatic carboxylic acids is 1. The number of hydrogen-bond donors (Lipinski definition) is 2. The summed E-state index contributed by atoms with van der Waals surface area (Å²) < 4.78 is 32.7. The van der Waals surface area contributed by atoms with Crippen LogP contribution in [0.3, 0.4) is 0 Å². The van der Waals surface area contributed by atoms with Gasteiger partial charge in [0.05, 0.1) is 11.8 Å². The number of alkyl carbamates (subject to hydrolysis) is 1. The van der Waals surface area contributed by atoms with Gasteiger partial charge in [0.1, 0.15) is 12.6 Å². The van der Waals surface area contributed by atoms with Crippen LogP contribution in [0.25, 0.3) is 11.1 Å². The third-order valence-corrected chi connectivity index (χ3v) is 7.29. The maximum Gasteiger partial charge on any atom is 0.407 e. The predicted molar refractivity (Wildman–Crippen MR) is 124 cm³/mol. The number of alkyl halides is 2. The van der Waals surface area contributed by atoms with Crippen LogP contribution in [-0.2, 0) is 14.3 Å². The highest BCUT2D eigenvalue weighted by molar-refractivity contribution is 5.82. The van der Waals surface area contributed by atoms with E-state index in [1.165, 1.54) is 11.8 Å². The molecule has 3 unspecified atom stereocenters. The van der Waals surface area contributed by atoms with E-state index in [2.05, 4.69) is 5.32 Å². The topological polar surface area (TPSA) is 95.9 Å². The van der Waals surface area contributed by atoms with Crippen molar-refractivity contribution in [3.63, 3.8) is 0 Å². The number of hydrogen-bond acceptors (Lipinski definition) is 4. The monoisotopic (exact) mass is 486 g/mol. The summed E-state index contributed by atoms with van der Waals surface area (Å²) in [6, 6.07) is 13.8. The summed E-state index contributed by atoms with van der Waals surface area (Å²) in [5.41, 5.74) is 2.93. The van der Waals surface area contributed by atoms with E-state index in [1.807, 2.05) is 48.5 Å². The van der Waals surface area contributed by atoms with Gasteiger partial charge in [-0.15, -0.1) is 0 Å². The minimum atomic E-state index is -3.00. The second-order valence-corrected chi connectivity index (χ2v) is 9.51. The van der Waals surface area contributed by atoms with Gasteiger partial charge in [0.15, 0.2) is 0 Å². The highest BCUT2D eigenvalue weighted by Gasteiger charge is 2.48. The second-order valence-electron chi connectivity index (χ2n) is 9.51. The Morgan fingerprint density at radius 2 is 1.69 bits per heavy atom. The molecule has 0 spiro atoms. The molecule has 1 fully saturated rings. The van der Waals surface area contributed by atoms with E-state index in [4.69, 9.17) is 4.74 Å². The molecule has 9 heteroatoms. The molecule has 0 aromatic heterocycles. The molecule has 0 bridgehead atoms. The number of nitrogens with one attached hydrogen (secondary N) is 1. The van der Waals surface area contributed by atoms with Crippen LogP contribution in [0.2, 0.25) is 0 Å². The number of amides is 2. The van der Waals surface area contributed by atoms with Gasteiger partial charge >= 0.3 is 12.1 Å². The number of carbonyl (C=O) groups excluding carboxylic acids is 2. The summed E-state index contributed by atoms with van der Waals surface area (Å²) in [5.74, 6) is -2.22. The number of nitrogens with zero attached hydrogens (tertiary/aromatic N) is 1. The molecule has 1 aliphatic heterocycles. The SMILES string of the molecule is CC1CN(C(=O)CC(NC(=O)OCC2c3ccccc3-c3ccccc32)C(F)F)CC1(C)C(=O)O. The zero-order valence-electron chi connectivity index (χ0n) is 19.5. The van der Waals surface area contributed by atoms with Gasteiger partial charge in [0, 0.05) is 19.0 Å². The van der Waals surface area contributed by atoms with Gasteiger partial charge in [-0.3, -0.25) is 9.59 Å². The Hall–Kier alpha value is -3.49. The van der Waals surface area contributed by atoms with Gasteiger partial charge in [-0.1, -0.05) is 55.5 Å². The Kier molecular flexibility index (Phi) is 6.78. The quantitative estimate of drug-likeness (QED) is 0.614. The molecule has 3 atom stereocenters. The molecule has 4 rings (SSSR count). The molecule has 2 amide bonds. The number of carboxylic acids is 1. The fourth-order valence-electron chi connectivity index (χ4n) is 4.93. The van der Waals surface area contributed by atoms with Crippen molar-refractivity contribution in [1.82, 2.24) is 10.2 Å². The largest absolute Gasteiger partial charge is 0.481 e. The number of ether oxygens (including phenoxy) is 1. The predicted octanol–water partition coefficient (Wildman–Crippen LogP) is 4.12. The van der Waals surface area contributed by atoms with Gasteiger partial charge in [-0.2, -0.15) is 0 Å². The first-order chi connectivity index (χ1) is 16.6. The minimum Gasteiger partial charge on any atom is -0.481 e. The number of fused-ring (bicyclic) bond motifs is 3. The average molecular weight is 487 g/mol. The maximum absolute atomic E-state index is 13.7. The molecular formula is C26H28F2N2O5. The molecule has 0 saturated carbocycles. The molecule has 1 aliphatic carbocycles. The first kappa shape index (κ1) is 24.6. The van der Waals surface area contributed by atoms with E-state index in [-0.39, 0.29) is 31.5 Å². The highest BCUT2D eigenvalue weighted by atomic mass is 19.3. The number of rotatable bonds is 7. The number of carboxylic acid groups (broad SMARTS) is 1. The van der Waals surface area contributed by atoms with Crippen molar-refractivity contribution in [1.29, 1.82) is 0 Å². The fraction of sp³-hybridized carbons (Fsp3) is 0.423. The van der Waals surface area contributed by atoms with Crippen LogP contribution in [0.5, 0.6) is 0 Å². The Morgan fingerprint density at radius 3 is 2.20 bits per heavy atom. The van der Waals surface area contributed by atoms with Crippen LogP contribution in [0.15, 0.2) is 48.5 Å². The van der Waals surface area contributed by atoms with E-state index in [0.29, 0.717) is 0 Å². The first-order valence-corrected chi connectivity index (χ1v) is 11.5. The van der Waals surface area contributed by atoms with Crippen molar-refractivity contribution in [2.45, 2.75) is 38.7 Å². The molecule has 35 heavy (non-hydrogen) atoms. The van der Waals surface area contributed by atoms with Crippen LogP contribution in [0, 0.1) is 11.3 Å². The summed E-state index contributed by atoms with van der Waals surface area (Å²) in [7, 11) is 0. The van der Waals surface area contributed by atoms with Crippen LogP contribution in [-0.4, -0.2) is 60.1 Å². The summed E-state index contributed by atoms with van der Waals surface area (Å²) in [6.07, 6.45) is -4.68. The van der Waals surface area contributed by atoms with E-state index >= 15 is 0 Å². The van der Waals surface area contributed by atoms with Crippen molar-refractivity contribution < 1.29 is 33.0 Å². The smallest absolute Gasteiger partial charge is 0.407 e. The molecule has 2 N–H and O–H groups in total. The van der Waals surface area contributed by atoms with Crippen molar-refractivity contribution in [3.05, 3.63) is 59.7 Å². The lowest BCUT2D eigenvalue weighted by Crippen LogP contribution is -2.45. The summed E-state index contributed by atoms with van der Waals surface area (Å²) in [5, 5.41) is 11.6. The molecule has 1 heterocycles. The zero-order valence-corrected chi connectivity index (χ0v) is 19.5. The van der Waals surface area contributed by atoms with Crippen LogP contribution >= 0.6 is 0 Å². The van der Waals surface area contributed by atoms with Crippen molar-refractivity contribution in [2.24, 2.45) is 11.3 Å². The van der Waals surface area contributed by atoms with Crippen molar-refractivity contribution >= 4 is 18.0 Å². The van der Waals surface area contributed by atoms with Crippen LogP contribution in [0.1, 0.15) is 37.3 Å². The summed E-state index contributed by atoms with van der Waals surface area (Å²) >= 11 is 0. The molecular weight excluding hydrogens is 458 g/mol. The minimum absolute atomic E-state index is 0.0373. The van der Waals surface area contributed by atoms with Gasteiger partial charge in [0.25, 0.3) is 6.43 Å². The number of halogens is 2.